The van der Waals surface area contributed by atoms with Crippen LogP contribution in [0.3, 0.4) is 0 Å². The van der Waals surface area contributed by atoms with E-state index in [1.807, 2.05) is 6.92 Å². The molecule has 2 amide bonds. The molecule has 3 rings (SSSR count). The molecule has 0 bridgehead atoms. The molecule has 0 radical (unpaired) electrons. The summed E-state index contributed by atoms with van der Waals surface area (Å²) in [5.41, 5.74) is 1.94. The average molecular weight is 475 g/mol. The number of para-hydroxylation sites is 1. The molecule has 35 heavy (non-hydrogen) atoms. The number of amides is 2. The number of carbonyl (C=O) groups excluding carboxylic acids is 2. The van der Waals surface area contributed by atoms with Gasteiger partial charge in [0.25, 0.3) is 11.8 Å². The summed E-state index contributed by atoms with van der Waals surface area (Å²) in [6.07, 6.45) is 5.91. The van der Waals surface area contributed by atoms with Crippen LogP contribution < -0.4 is 20.1 Å². The maximum atomic E-state index is 12.9. The smallest absolute Gasteiger partial charge is 0.257 e. The topological polar surface area (TPSA) is 76.7 Å². The third-order valence-corrected chi connectivity index (χ3v) is 5.48. The van der Waals surface area contributed by atoms with Gasteiger partial charge in [-0.3, -0.25) is 9.59 Å². The van der Waals surface area contributed by atoms with E-state index in [4.69, 9.17) is 9.47 Å². The number of rotatable bonds is 13. The van der Waals surface area contributed by atoms with Gasteiger partial charge in [0.1, 0.15) is 11.5 Å². The zero-order valence-corrected chi connectivity index (χ0v) is 20.5. The van der Waals surface area contributed by atoms with Crippen molar-refractivity contribution in [1.82, 2.24) is 0 Å². The summed E-state index contributed by atoms with van der Waals surface area (Å²) in [6.45, 7) is 5.37. The molecule has 0 aliphatic rings. The molecule has 6 heteroatoms. The van der Waals surface area contributed by atoms with Crippen LogP contribution in [0.2, 0.25) is 0 Å². The lowest BCUT2D eigenvalue weighted by molar-refractivity contribution is 0.102. The van der Waals surface area contributed by atoms with Crippen LogP contribution in [0, 0.1) is 0 Å². The van der Waals surface area contributed by atoms with Crippen LogP contribution in [0.5, 0.6) is 11.5 Å². The molecule has 0 aromatic heterocycles. The molecule has 0 saturated carbocycles. The van der Waals surface area contributed by atoms with E-state index in [1.165, 1.54) is 25.7 Å². The molecule has 0 saturated heterocycles. The summed E-state index contributed by atoms with van der Waals surface area (Å²) in [4.78, 5) is 25.7. The van der Waals surface area contributed by atoms with Crippen molar-refractivity contribution in [3.63, 3.8) is 0 Å². The first-order chi connectivity index (χ1) is 17.1. The van der Waals surface area contributed by atoms with E-state index in [0.29, 0.717) is 35.7 Å². The number of nitrogens with one attached hydrogen (secondary N) is 2. The van der Waals surface area contributed by atoms with Gasteiger partial charge >= 0.3 is 0 Å². The predicted octanol–water partition coefficient (Wildman–Crippen LogP) is 6.94. The van der Waals surface area contributed by atoms with Gasteiger partial charge in [0.2, 0.25) is 0 Å². The van der Waals surface area contributed by atoms with Crippen LogP contribution in [0.1, 0.15) is 66.7 Å². The minimum Gasteiger partial charge on any atom is -0.494 e. The summed E-state index contributed by atoms with van der Waals surface area (Å²) >= 11 is 0. The molecule has 2 N–H and O–H groups in total. The maximum Gasteiger partial charge on any atom is 0.257 e. The third-order valence-electron chi connectivity index (χ3n) is 5.48. The van der Waals surface area contributed by atoms with Gasteiger partial charge in [-0.05, 0) is 74.0 Å². The lowest BCUT2D eigenvalue weighted by atomic mass is 10.1. The number of carbonyl (C=O) groups is 2. The average Bonchev–Trinajstić information content (AvgIpc) is 2.88. The van der Waals surface area contributed by atoms with Crippen molar-refractivity contribution >= 4 is 23.2 Å². The molecule has 3 aromatic carbocycles. The van der Waals surface area contributed by atoms with E-state index >= 15 is 0 Å². The molecule has 0 atom stereocenters. The van der Waals surface area contributed by atoms with E-state index < -0.39 is 0 Å². The number of hydrogen-bond acceptors (Lipinski definition) is 4. The summed E-state index contributed by atoms with van der Waals surface area (Å²) < 4.78 is 11.2. The van der Waals surface area contributed by atoms with Crippen LogP contribution in [0.25, 0.3) is 0 Å². The van der Waals surface area contributed by atoms with Gasteiger partial charge < -0.3 is 20.1 Å². The maximum absolute atomic E-state index is 12.9. The molecule has 0 unspecified atom stereocenters. The van der Waals surface area contributed by atoms with Gasteiger partial charge in [0.15, 0.2) is 0 Å². The van der Waals surface area contributed by atoms with Crippen molar-refractivity contribution in [1.29, 1.82) is 0 Å². The Bertz CT molecular complexity index is 1080. The highest BCUT2D eigenvalue weighted by atomic mass is 16.5. The molecular weight excluding hydrogens is 440 g/mol. The van der Waals surface area contributed by atoms with Crippen LogP contribution in [0.4, 0.5) is 11.4 Å². The lowest BCUT2D eigenvalue weighted by Gasteiger charge is -2.12. The van der Waals surface area contributed by atoms with Crippen molar-refractivity contribution < 1.29 is 19.1 Å². The van der Waals surface area contributed by atoms with Gasteiger partial charge in [-0.15, -0.1) is 0 Å². The largest absolute Gasteiger partial charge is 0.494 e. The summed E-state index contributed by atoms with van der Waals surface area (Å²) in [7, 11) is 0. The number of hydrogen-bond donors (Lipinski definition) is 2. The first-order valence-corrected chi connectivity index (χ1v) is 12.3. The van der Waals surface area contributed by atoms with Gasteiger partial charge in [-0.1, -0.05) is 44.7 Å². The van der Waals surface area contributed by atoms with Crippen LogP contribution in [-0.4, -0.2) is 25.0 Å². The second kappa shape index (κ2) is 13.8. The second-order valence-electron chi connectivity index (χ2n) is 8.20. The molecule has 3 aromatic rings. The molecule has 0 aliphatic carbocycles. The van der Waals surface area contributed by atoms with Crippen LogP contribution >= 0.6 is 0 Å². The highest BCUT2D eigenvalue weighted by Gasteiger charge is 2.14. The summed E-state index contributed by atoms with van der Waals surface area (Å²) in [5.74, 6) is 0.874. The van der Waals surface area contributed by atoms with E-state index in [1.54, 1.807) is 72.8 Å². The molecule has 184 valence electrons. The summed E-state index contributed by atoms with van der Waals surface area (Å²) in [5, 5.41) is 5.71. The Balaban J connectivity index is 1.57. The SMILES string of the molecule is CCCCCCCOc1ccc(C(=O)Nc2ccccc2C(=O)Nc2ccc(OCC)cc2)cc1. The van der Waals surface area contributed by atoms with Crippen molar-refractivity contribution in [3.8, 4) is 11.5 Å². The normalized spacial score (nSPS) is 10.5. The molecule has 0 heterocycles. The van der Waals surface area contributed by atoms with E-state index in [9.17, 15) is 9.59 Å². The molecular formula is C29H34N2O4. The standard InChI is InChI=1S/C29H34N2O4/c1-3-5-6-7-10-21-35-25-17-13-22(14-18-25)28(32)31-27-12-9-8-11-26(27)29(33)30-23-15-19-24(20-16-23)34-4-2/h8-9,11-20H,3-7,10,21H2,1-2H3,(H,30,33)(H,31,32). The molecule has 0 spiro atoms. The Morgan fingerprint density at radius 1 is 0.686 bits per heavy atom. The first kappa shape index (κ1) is 25.8. The Morgan fingerprint density at radius 3 is 2.06 bits per heavy atom. The predicted molar refractivity (Wildman–Crippen MR) is 141 cm³/mol. The zero-order chi connectivity index (χ0) is 24.9. The Labute approximate surface area is 207 Å². The zero-order valence-electron chi connectivity index (χ0n) is 20.5. The van der Waals surface area contributed by atoms with Crippen LogP contribution in [0.15, 0.2) is 72.8 Å². The van der Waals surface area contributed by atoms with Crippen molar-refractivity contribution in [2.24, 2.45) is 0 Å². The van der Waals surface area contributed by atoms with E-state index in [-0.39, 0.29) is 11.8 Å². The minimum absolute atomic E-state index is 0.294. The first-order valence-electron chi connectivity index (χ1n) is 12.3. The third kappa shape index (κ3) is 8.18. The number of ether oxygens (including phenoxy) is 2. The fourth-order valence-corrected chi connectivity index (χ4v) is 3.58. The quantitative estimate of drug-likeness (QED) is 0.263. The highest BCUT2D eigenvalue weighted by molar-refractivity contribution is 6.12. The van der Waals surface area contributed by atoms with Gasteiger partial charge in [-0.25, -0.2) is 0 Å². The fourth-order valence-electron chi connectivity index (χ4n) is 3.58. The van der Waals surface area contributed by atoms with Gasteiger partial charge in [-0.2, -0.15) is 0 Å². The number of unbranched alkanes of at least 4 members (excludes halogenated alkanes) is 4. The monoisotopic (exact) mass is 474 g/mol. The van der Waals surface area contributed by atoms with Gasteiger partial charge in [0, 0.05) is 11.3 Å². The summed E-state index contributed by atoms with van der Waals surface area (Å²) in [6, 6.07) is 21.1. The molecule has 0 fully saturated rings. The van der Waals surface area contributed by atoms with Crippen molar-refractivity contribution in [2.75, 3.05) is 23.8 Å². The van der Waals surface area contributed by atoms with Crippen molar-refractivity contribution in [2.45, 2.75) is 46.0 Å². The lowest BCUT2D eigenvalue weighted by Crippen LogP contribution is -2.18. The second-order valence-corrected chi connectivity index (χ2v) is 8.20. The minimum atomic E-state index is -0.312. The van der Waals surface area contributed by atoms with Crippen LogP contribution in [-0.2, 0) is 0 Å². The van der Waals surface area contributed by atoms with E-state index in [0.717, 1.165) is 17.9 Å². The molecule has 0 aliphatic heterocycles. The Morgan fingerprint density at radius 2 is 1.34 bits per heavy atom. The van der Waals surface area contributed by atoms with Gasteiger partial charge in [0.05, 0.1) is 24.5 Å². The van der Waals surface area contributed by atoms with E-state index in [2.05, 4.69) is 17.6 Å². The Hall–Kier alpha value is -3.80. The van der Waals surface area contributed by atoms with Crippen molar-refractivity contribution in [3.05, 3.63) is 83.9 Å². The fraction of sp³-hybridized carbons (Fsp3) is 0.310. The number of benzene rings is 3. The number of anilines is 2. The molecule has 6 nitrogen and oxygen atoms in total. The Kier molecular flexibility index (Phi) is 10.2. The highest BCUT2D eigenvalue weighted by Crippen LogP contribution is 2.21.